The number of hydrogen-bond donors (Lipinski definition) is 4. The van der Waals surface area contributed by atoms with E-state index in [1.54, 1.807) is 0 Å². The fraction of sp³-hybridized carbons (Fsp3) is 0.625. The van der Waals surface area contributed by atoms with Crippen molar-refractivity contribution in [1.29, 1.82) is 0 Å². The molecule has 2 unspecified atom stereocenters. The lowest BCUT2D eigenvalue weighted by atomic mass is 10.1. The first-order valence-electron chi connectivity index (χ1n) is 4.49. The molecule has 7 heteroatoms. The number of carbonyl (C=O) groups is 3. The molecule has 0 aliphatic carbocycles. The summed E-state index contributed by atoms with van der Waals surface area (Å²) >= 11 is 0. The van der Waals surface area contributed by atoms with Crippen LogP contribution in [0.3, 0.4) is 0 Å². The molecule has 4 N–H and O–H groups in total. The normalized spacial score (nSPS) is 25.7. The minimum atomic E-state index is -1.10. The highest BCUT2D eigenvalue weighted by atomic mass is 16.4. The van der Waals surface area contributed by atoms with E-state index in [1.807, 2.05) is 0 Å². The summed E-state index contributed by atoms with van der Waals surface area (Å²) in [6.07, 6.45) is 0.0380. The van der Waals surface area contributed by atoms with Crippen molar-refractivity contribution in [3.8, 4) is 0 Å². The third kappa shape index (κ3) is 3.21. The van der Waals surface area contributed by atoms with Gasteiger partial charge in [0.05, 0.1) is 6.04 Å². The van der Waals surface area contributed by atoms with Crippen molar-refractivity contribution in [3.63, 3.8) is 0 Å². The fourth-order valence-corrected chi connectivity index (χ4v) is 1.33. The summed E-state index contributed by atoms with van der Waals surface area (Å²) < 4.78 is 0. The molecule has 0 aromatic carbocycles. The van der Waals surface area contributed by atoms with Crippen LogP contribution in [0.5, 0.6) is 0 Å². The molecule has 1 heterocycles. The summed E-state index contributed by atoms with van der Waals surface area (Å²) in [6.45, 7) is 0.116. The van der Waals surface area contributed by atoms with Crippen LogP contribution in [0.4, 0.5) is 0 Å². The van der Waals surface area contributed by atoms with E-state index in [0.717, 1.165) is 0 Å². The van der Waals surface area contributed by atoms with Crippen molar-refractivity contribution < 1.29 is 24.6 Å². The number of carboxylic acids is 2. The molecule has 1 fully saturated rings. The van der Waals surface area contributed by atoms with Crippen LogP contribution in [-0.2, 0) is 14.4 Å². The van der Waals surface area contributed by atoms with Crippen LogP contribution in [0.15, 0.2) is 0 Å². The van der Waals surface area contributed by atoms with Gasteiger partial charge in [0, 0.05) is 13.0 Å². The first kappa shape index (κ1) is 11.4. The molecule has 1 amide bonds. The number of hydrogen-bond acceptors (Lipinski definition) is 4. The van der Waals surface area contributed by atoms with Crippen LogP contribution in [0, 0.1) is 0 Å². The van der Waals surface area contributed by atoms with Crippen LogP contribution in [0.2, 0.25) is 0 Å². The number of aliphatic carboxylic acids is 2. The van der Waals surface area contributed by atoms with Gasteiger partial charge in [0.15, 0.2) is 0 Å². The molecule has 1 rings (SSSR count). The SMILES string of the molecule is O=C(O)CCC1NCC(C(=O)O)NC1=O. The van der Waals surface area contributed by atoms with Gasteiger partial charge in [-0.1, -0.05) is 0 Å². The molecule has 0 spiro atoms. The topological polar surface area (TPSA) is 116 Å². The molecular weight excluding hydrogens is 204 g/mol. The Morgan fingerprint density at radius 3 is 2.53 bits per heavy atom. The average Bonchev–Trinajstić information content (AvgIpc) is 2.15. The van der Waals surface area contributed by atoms with E-state index < -0.39 is 29.9 Å². The van der Waals surface area contributed by atoms with Crippen LogP contribution >= 0.6 is 0 Å². The summed E-state index contributed by atoms with van der Waals surface area (Å²) in [7, 11) is 0. The smallest absolute Gasteiger partial charge is 0.327 e. The standard InChI is InChI=1S/C8H12N2O5/c11-6(12)2-1-4-7(13)10-5(3-9-4)8(14)15/h4-5,9H,1-3H2,(H,10,13)(H,11,12)(H,14,15). The lowest BCUT2D eigenvalue weighted by Crippen LogP contribution is -2.60. The molecule has 7 nitrogen and oxygen atoms in total. The molecule has 0 aromatic rings. The zero-order valence-corrected chi connectivity index (χ0v) is 7.90. The van der Waals surface area contributed by atoms with E-state index in [2.05, 4.69) is 10.6 Å². The zero-order valence-electron chi connectivity index (χ0n) is 7.90. The second kappa shape index (κ2) is 4.74. The Kier molecular flexibility index (Phi) is 3.62. The minimum absolute atomic E-state index is 0.116. The van der Waals surface area contributed by atoms with Gasteiger partial charge in [0.25, 0.3) is 0 Å². The predicted octanol–water partition coefficient (Wildman–Crippen LogP) is -1.61. The van der Waals surface area contributed by atoms with Gasteiger partial charge in [0.1, 0.15) is 6.04 Å². The molecule has 1 aliphatic rings. The van der Waals surface area contributed by atoms with E-state index in [-0.39, 0.29) is 19.4 Å². The van der Waals surface area contributed by atoms with Crippen molar-refractivity contribution in [1.82, 2.24) is 10.6 Å². The van der Waals surface area contributed by atoms with Crippen LogP contribution in [0.25, 0.3) is 0 Å². The van der Waals surface area contributed by atoms with E-state index in [1.165, 1.54) is 0 Å². The van der Waals surface area contributed by atoms with Crippen molar-refractivity contribution in [2.45, 2.75) is 24.9 Å². The maximum Gasteiger partial charge on any atom is 0.327 e. The number of amides is 1. The average molecular weight is 216 g/mol. The largest absolute Gasteiger partial charge is 0.481 e. The van der Waals surface area contributed by atoms with Gasteiger partial charge in [-0.2, -0.15) is 0 Å². The van der Waals surface area contributed by atoms with E-state index in [0.29, 0.717) is 0 Å². The van der Waals surface area contributed by atoms with Gasteiger partial charge in [0.2, 0.25) is 5.91 Å². The Morgan fingerprint density at radius 1 is 1.40 bits per heavy atom. The third-order valence-electron chi connectivity index (χ3n) is 2.15. The minimum Gasteiger partial charge on any atom is -0.481 e. The summed E-state index contributed by atoms with van der Waals surface area (Å²) in [4.78, 5) is 32.1. The van der Waals surface area contributed by atoms with Gasteiger partial charge in [-0.25, -0.2) is 4.79 Å². The van der Waals surface area contributed by atoms with Gasteiger partial charge in [-0.15, -0.1) is 0 Å². The Balaban J connectivity index is 2.42. The Hall–Kier alpha value is -1.63. The van der Waals surface area contributed by atoms with Crippen LogP contribution < -0.4 is 10.6 Å². The van der Waals surface area contributed by atoms with Gasteiger partial charge < -0.3 is 20.8 Å². The summed E-state index contributed by atoms with van der Waals surface area (Å²) in [5.74, 6) is -2.55. The van der Waals surface area contributed by atoms with Crippen molar-refractivity contribution >= 4 is 17.8 Å². The maximum atomic E-state index is 11.3. The van der Waals surface area contributed by atoms with E-state index >= 15 is 0 Å². The molecule has 1 aliphatic heterocycles. The maximum absolute atomic E-state index is 11.3. The molecule has 0 bridgehead atoms. The molecular formula is C8H12N2O5. The Bertz CT molecular complexity index is 291. The number of nitrogens with one attached hydrogen (secondary N) is 2. The lowest BCUT2D eigenvalue weighted by molar-refractivity contribution is -0.144. The van der Waals surface area contributed by atoms with Crippen molar-refractivity contribution in [2.24, 2.45) is 0 Å². The predicted molar refractivity (Wildman–Crippen MR) is 48.2 cm³/mol. The third-order valence-corrected chi connectivity index (χ3v) is 2.15. The summed E-state index contributed by atoms with van der Waals surface area (Å²) in [5, 5.41) is 22.0. The highest BCUT2D eigenvalue weighted by molar-refractivity contribution is 5.88. The molecule has 15 heavy (non-hydrogen) atoms. The Morgan fingerprint density at radius 2 is 2.07 bits per heavy atom. The Labute approximate surface area is 85.5 Å². The van der Waals surface area contributed by atoms with E-state index in [4.69, 9.17) is 10.2 Å². The van der Waals surface area contributed by atoms with Gasteiger partial charge in [-0.05, 0) is 6.42 Å². The fourth-order valence-electron chi connectivity index (χ4n) is 1.33. The first-order valence-corrected chi connectivity index (χ1v) is 4.49. The van der Waals surface area contributed by atoms with Crippen molar-refractivity contribution in [3.05, 3.63) is 0 Å². The molecule has 84 valence electrons. The quantitative estimate of drug-likeness (QED) is 0.449. The molecule has 0 radical (unpaired) electrons. The second-order valence-corrected chi connectivity index (χ2v) is 3.29. The van der Waals surface area contributed by atoms with Gasteiger partial charge >= 0.3 is 11.9 Å². The van der Waals surface area contributed by atoms with Crippen LogP contribution in [-0.4, -0.2) is 46.7 Å². The van der Waals surface area contributed by atoms with E-state index in [9.17, 15) is 14.4 Å². The number of carboxylic acid groups (broad SMARTS) is 2. The number of carbonyl (C=O) groups excluding carboxylic acids is 1. The van der Waals surface area contributed by atoms with Gasteiger partial charge in [-0.3, -0.25) is 9.59 Å². The summed E-state index contributed by atoms with van der Waals surface area (Å²) in [6, 6.07) is -1.55. The molecule has 2 atom stereocenters. The van der Waals surface area contributed by atoms with Crippen molar-refractivity contribution in [2.75, 3.05) is 6.54 Å². The number of piperazine rings is 1. The molecule has 0 aromatic heterocycles. The zero-order chi connectivity index (χ0) is 11.4. The highest BCUT2D eigenvalue weighted by Gasteiger charge is 2.30. The van der Waals surface area contributed by atoms with Crippen LogP contribution in [0.1, 0.15) is 12.8 Å². The highest BCUT2D eigenvalue weighted by Crippen LogP contribution is 2.03. The molecule has 1 saturated heterocycles. The first-order chi connectivity index (χ1) is 7.00. The second-order valence-electron chi connectivity index (χ2n) is 3.29. The summed E-state index contributed by atoms with van der Waals surface area (Å²) in [5.41, 5.74) is 0. The monoisotopic (exact) mass is 216 g/mol. The number of rotatable bonds is 4. The molecule has 0 saturated carbocycles. The lowest BCUT2D eigenvalue weighted by Gasteiger charge is -2.27.